The first-order valence-corrected chi connectivity index (χ1v) is 10.2. The molecule has 0 radical (unpaired) electrons. The predicted octanol–water partition coefficient (Wildman–Crippen LogP) is 5.30. The normalized spacial score (nSPS) is 10.9. The van der Waals surface area contributed by atoms with E-state index in [2.05, 4.69) is 11.6 Å². The van der Waals surface area contributed by atoms with E-state index in [1.807, 2.05) is 59.2 Å². The van der Waals surface area contributed by atoms with Crippen molar-refractivity contribution in [1.29, 1.82) is 5.26 Å². The smallest absolute Gasteiger partial charge is 0.124 e. The average molecular weight is 427 g/mol. The molecule has 0 aliphatic rings. The zero-order chi connectivity index (χ0) is 22.3. The van der Waals surface area contributed by atoms with Crippen LogP contribution in [0.1, 0.15) is 22.3 Å². The summed E-state index contributed by atoms with van der Waals surface area (Å²) in [5.74, 6) is -0.448. The average Bonchev–Trinajstić information content (AvgIpc) is 3.23. The predicted molar refractivity (Wildman–Crippen MR) is 121 cm³/mol. The highest BCUT2D eigenvalue weighted by Crippen LogP contribution is 2.27. The summed E-state index contributed by atoms with van der Waals surface area (Å²) in [5.41, 5.74) is 5.16. The monoisotopic (exact) mass is 427 g/mol. The maximum Gasteiger partial charge on any atom is 0.124 e. The lowest BCUT2D eigenvalue weighted by Crippen LogP contribution is -2.08. The molecular formula is C26H22FN3O2. The summed E-state index contributed by atoms with van der Waals surface area (Å²) in [5, 5.41) is 9.35. The Bertz CT molecular complexity index is 1280. The van der Waals surface area contributed by atoms with Crippen molar-refractivity contribution < 1.29 is 13.9 Å². The van der Waals surface area contributed by atoms with Crippen molar-refractivity contribution in [3.63, 3.8) is 0 Å². The Morgan fingerprint density at radius 3 is 2.66 bits per heavy atom. The van der Waals surface area contributed by atoms with Crippen molar-refractivity contribution in [1.82, 2.24) is 9.55 Å². The second-order valence-electron chi connectivity index (χ2n) is 7.27. The minimum Gasteiger partial charge on any atom is -0.374 e. The molecule has 0 amide bonds. The Morgan fingerprint density at radius 1 is 1.03 bits per heavy atom. The quantitative estimate of drug-likeness (QED) is 0.340. The van der Waals surface area contributed by atoms with Gasteiger partial charge in [-0.2, -0.15) is 5.26 Å². The Labute approximate surface area is 186 Å². The summed E-state index contributed by atoms with van der Waals surface area (Å²) >= 11 is 0. The van der Waals surface area contributed by atoms with Gasteiger partial charge in [-0.05, 0) is 46.5 Å². The Balaban J connectivity index is 1.39. The lowest BCUT2D eigenvalue weighted by Gasteiger charge is -2.10. The van der Waals surface area contributed by atoms with E-state index in [4.69, 9.17) is 9.47 Å². The zero-order valence-corrected chi connectivity index (χ0v) is 17.5. The summed E-state index contributed by atoms with van der Waals surface area (Å²) in [6.45, 7) is 5.96. The number of fused-ring (bicyclic) bond motifs is 1. The van der Waals surface area contributed by atoms with Crippen molar-refractivity contribution in [2.75, 3.05) is 13.2 Å². The van der Waals surface area contributed by atoms with Crippen molar-refractivity contribution in [2.24, 2.45) is 0 Å². The number of nitrogens with zero attached hydrogens (tertiary/aromatic N) is 3. The molecule has 0 unspecified atom stereocenters. The highest BCUT2D eigenvalue weighted by atomic mass is 19.1. The molecule has 160 valence electrons. The summed E-state index contributed by atoms with van der Waals surface area (Å²) in [7, 11) is 0. The maximum atomic E-state index is 13.5. The van der Waals surface area contributed by atoms with Crippen LogP contribution in [0, 0.1) is 17.1 Å². The molecule has 0 saturated heterocycles. The van der Waals surface area contributed by atoms with Crippen LogP contribution in [-0.4, -0.2) is 22.8 Å². The van der Waals surface area contributed by atoms with Crippen molar-refractivity contribution in [2.45, 2.75) is 13.3 Å². The van der Waals surface area contributed by atoms with Gasteiger partial charge in [0.05, 0.1) is 48.8 Å². The lowest BCUT2D eigenvalue weighted by molar-refractivity contribution is 0.0148. The summed E-state index contributed by atoms with van der Waals surface area (Å²) in [6.07, 6.45) is 1.72. The van der Waals surface area contributed by atoms with Crippen LogP contribution in [0.25, 0.3) is 16.6 Å². The molecular weight excluding hydrogens is 405 g/mol. The molecule has 6 heteroatoms. The number of rotatable bonds is 9. The van der Waals surface area contributed by atoms with Crippen LogP contribution in [0.15, 0.2) is 79.6 Å². The van der Waals surface area contributed by atoms with Crippen LogP contribution in [0.4, 0.5) is 4.39 Å². The SMILES string of the molecule is C=C(c1ccc2ncn(COCCOCc3ccccc3)c2c1)c1ccc(F)cc1C#N. The molecule has 5 nitrogen and oxygen atoms in total. The van der Waals surface area contributed by atoms with Gasteiger partial charge in [0.2, 0.25) is 0 Å². The highest BCUT2D eigenvalue weighted by Gasteiger charge is 2.11. The van der Waals surface area contributed by atoms with Crippen molar-refractivity contribution in [3.8, 4) is 6.07 Å². The minimum atomic E-state index is -0.448. The second kappa shape index (κ2) is 10.0. The summed E-state index contributed by atoms with van der Waals surface area (Å²) < 4.78 is 26.8. The molecule has 0 bridgehead atoms. The van der Waals surface area contributed by atoms with Crippen molar-refractivity contribution in [3.05, 3.63) is 108 Å². The van der Waals surface area contributed by atoms with Crippen LogP contribution < -0.4 is 0 Å². The van der Waals surface area contributed by atoms with Gasteiger partial charge in [-0.15, -0.1) is 0 Å². The standard InChI is InChI=1S/C26H22FN3O2/c1-19(24-9-8-23(27)13-22(24)15-28)21-7-10-25-26(14-21)30(17-29-25)18-32-12-11-31-16-20-5-3-2-4-6-20/h2-10,13-14,17H,1,11-12,16,18H2. The third kappa shape index (κ3) is 4.92. The second-order valence-corrected chi connectivity index (χ2v) is 7.27. The molecule has 0 fully saturated rings. The number of imidazole rings is 1. The van der Waals surface area contributed by atoms with Crippen LogP contribution in [0.5, 0.6) is 0 Å². The molecule has 32 heavy (non-hydrogen) atoms. The number of ether oxygens (including phenoxy) is 2. The third-order valence-corrected chi connectivity index (χ3v) is 5.11. The van der Waals surface area contributed by atoms with Gasteiger partial charge >= 0.3 is 0 Å². The number of benzene rings is 3. The van der Waals surface area contributed by atoms with E-state index in [9.17, 15) is 9.65 Å². The molecule has 3 aromatic carbocycles. The number of nitriles is 1. The van der Waals surface area contributed by atoms with Gasteiger partial charge in [-0.1, -0.05) is 49.0 Å². The van der Waals surface area contributed by atoms with Gasteiger partial charge in [0.15, 0.2) is 0 Å². The number of hydrogen-bond donors (Lipinski definition) is 0. The zero-order valence-electron chi connectivity index (χ0n) is 17.5. The maximum absolute atomic E-state index is 13.5. The molecule has 4 rings (SSSR count). The van der Waals surface area contributed by atoms with Gasteiger partial charge in [-0.25, -0.2) is 9.37 Å². The molecule has 0 aliphatic heterocycles. The van der Waals surface area contributed by atoms with Gasteiger partial charge < -0.3 is 14.0 Å². The van der Waals surface area contributed by atoms with E-state index in [0.717, 1.165) is 22.2 Å². The van der Waals surface area contributed by atoms with Gasteiger partial charge in [0, 0.05) is 0 Å². The Morgan fingerprint density at radius 2 is 1.84 bits per heavy atom. The first kappa shape index (κ1) is 21.4. The molecule has 0 aliphatic carbocycles. The lowest BCUT2D eigenvalue weighted by atomic mass is 9.95. The molecule has 0 spiro atoms. The van der Waals surface area contributed by atoms with Crippen LogP contribution in [-0.2, 0) is 22.8 Å². The fourth-order valence-corrected chi connectivity index (χ4v) is 3.42. The first-order valence-electron chi connectivity index (χ1n) is 10.2. The fraction of sp³-hybridized carbons (Fsp3) is 0.154. The molecule has 0 saturated carbocycles. The van der Waals surface area contributed by atoms with Gasteiger partial charge in [0.1, 0.15) is 12.5 Å². The first-order chi connectivity index (χ1) is 15.7. The number of hydrogen-bond acceptors (Lipinski definition) is 4. The fourth-order valence-electron chi connectivity index (χ4n) is 3.42. The largest absolute Gasteiger partial charge is 0.374 e. The highest BCUT2D eigenvalue weighted by molar-refractivity contribution is 5.86. The van der Waals surface area contributed by atoms with Crippen LogP contribution in [0.2, 0.25) is 0 Å². The summed E-state index contributed by atoms with van der Waals surface area (Å²) in [6, 6.07) is 21.9. The van der Waals surface area contributed by atoms with Crippen LogP contribution >= 0.6 is 0 Å². The number of aromatic nitrogens is 2. The van der Waals surface area contributed by atoms with E-state index in [-0.39, 0.29) is 5.56 Å². The summed E-state index contributed by atoms with van der Waals surface area (Å²) in [4.78, 5) is 4.41. The van der Waals surface area contributed by atoms with E-state index in [1.54, 1.807) is 12.4 Å². The van der Waals surface area contributed by atoms with E-state index >= 15 is 0 Å². The number of halogens is 1. The van der Waals surface area contributed by atoms with E-state index in [0.29, 0.717) is 37.7 Å². The van der Waals surface area contributed by atoms with Crippen LogP contribution in [0.3, 0.4) is 0 Å². The van der Waals surface area contributed by atoms with Crippen molar-refractivity contribution >= 4 is 16.6 Å². The molecule has 0 N–H and O–H groups in total. The third-order valence-electron chi connectivity index (χ3n) is 5.11. The van der Waals surface area contributed by atoms with Gasteiger partial charge in [-0.3, -0.25) is 0 Å². The molecule has 1 aromatic heterocycles. The molecule has 0 atom stereocenters. The van der Waals surface area contributed by atoms with E-state index in [1.165, 1.54) is 12.1 Å². The molecule has 4 aromatic rings. The minimum absolute atomic E-state index is 0.252. The van der Waals surface area contributed by atoms with Gasteiger partial charge in [0.25, 0.3) is 0 Å². The Kier molecular flexibility index (Phi) is 6.71. The van der Waals surface area contributed by atoms with E-state index < -0.39 is 5.82 Å². The topological polar surface area (TPSA) is 60.1 Å². The Hall–Kier alpha value is -3.79. The molecule has 1 heterocycles.